The Morgan fingerprint density at radius 1 is 1.44 bits per heavy atom. The standard InChI is InChI=1S/C11H17N3O4/c15-8-2-1-7(5-12-8)14-10(18)13-6-11(3-4-11)9(16)17/h7H,1-6H2,(H,12,15)(H,16,17)(H2,13,14,18). The van der Waals surface area contributed by atoms with E-state index in [0.717, 1.165) is 0 Å². The van der Waals surface area contributed by atoms with Crippen LogP contribution in [0.2, 0.25) is 0 Å². The summed E-state index contributed by atoms with van der Waals surface area (Å²) in [7, 11) is 0. The average molecular weight is 255 g/mol. The molecule has 1 atom stereocenters. The summed E-state index contributed by atoms with van der Waals surface area (Å²) in [5.74, 6) is -0.857. The highest BCUT2D eigenvalue weighted by Crippen LogP contribution is 2.45. The van der Waals surface area contributed by atoms with Crippen LogP contribution in [-0.2, 0) is 9.59 Å². The smallest absolute Gasteiger partial charge is 0.315 e. The van der Waals surface area contributed by atoms with Gasteiger partial charge < -0.3 is 21.1 Å². The molecule has 0 aromatic carbocycles. The molecule has 0 aromatic rings. The molecular formula is C11H17N3O4. The molecule has 1 aliphatic heterocycles. The number of piperidine rings is 1. The lowest BCUT2D eigenvalue weighted by Gasteiger charge is -2.23. The van der Waals surface area contributed by atoms with Crippen LogP contribution in [0.15, 0.2) is 0 Å². The number of aliphatic carboxylic acids is 1. The lowest BCUT2D eigenvalue weighted by Crippen LogP contribution is -2.51. The normalized spacial score (nSPS) is 24.9. The van der Waals surface area contributed by atoms with E-state index in [1.54, 1.807) is 0 Å². The summed E-state index contributed by atoms with van der Waals surface area (Å²) >= 11 is 0. The second kappa shape index (κ2) is 4.83. The summed E-state index contributed by atoms with van der Waals surface area (Å²) in [6, 6.07) is -0.452. The molecule has 1 saturated heterocycles. The summed E-state index contributed by atoms with van der Waals surface area (Å²) < 4.78 is 0. The molecule has 1 unspecified atom stereocenters. The lowest BCUT2D eigenvalue weighted by atomic mass is 10.1. The van der Waals surface area contributed by atoms with E-state index in [1.165, 1.54) is 0 Å². The van der Waals surface area contributed by atoms with Crippen LogP contribution in [0.5, 0.6) is 0 Å². The van der Waals surface area contributed by atoms with Crippen molar-refractivity contribution in [3.63, 3.8) is 0 Å². The highest BCUT2D eigenvalue weighted by atomic mass is 16.4. The van der Waals surface area contributed by atoms with Crippen LogP contribution in [0.1, 0.15) is 25.7 Å². The maximum absolute atomic E-state index is 11.6. The first-order valence-corrected chi connectivity index (χ1v) is 6.06. The van der Waals surface area contributed by atoms with Crippen LogP contribution in [-0.4, -0.2) is 42.1 Å². The zero-order valence-electron chi connectivity index (χ0n) is 9.99. The number of carbonyl (C=O) groups excluding carboxylic acids is 2. The van der Waals surface area contributed by atoms with Gasteiger partial charge in [-0.2, -0.15) is 0 Å². The molecule has 0 bridgehead atoms. The van der Waals surface area contributed by atoms with Gasteiger partial charge in [0.25, 0.3) is 0 Å². The zero-order valence-corrected chi connectivity index (χ0v) is 9.99. The molecule has 18 heavy (non-hydrogen) atoms. The van der Waals surface area contributed by atoms with Gasteiger partial charge in [0.05, 0.1) is 5.41 Å². The van der Waals surface area contributed by atoms with Crippen LogP contribution >= 0.6 is 0 Å². The third kappa shape index (κ3) is 2.91. The predicted molar refractivity (Wildman–Crippen MR) is 61.9 cm³/mol. The first-order valence-electron chi connectivity index (χ1n) is 6.06. The van der Waals surface area contributed by atoms with Crippen molar-refractivity contribution >= 4 is 17.9 Å². The van der Waals surface area contributed by atoms with Crippen molar-refractivity contribution in [2.24, 2.45) is 5.41 Å². The maximum atomic E-state index is 11.6. The fraction of sp³-hybridized carbons (Fsp3) is 0.727. The number of rotatable bonds is 4. The van der Waals surface area contributed by atoms with Gasteiger partial charge in [0, 0.05) is 25.6 Å². The van der Waals surface area contributed by atoms with Crippen molar-refractivity contribution in [1.29, 1.82) is 0 Å². The second-order valence-corrected chi connectivity index (χ2v) is 4.95. The van der Waals surface area contributed by atoms with Crippen molar-refractivity contribution in [1.82, 2.24) is 16.0 Å². The molecule has 1 heterocycles. The Bertz CT molecular complexity index is 368. The van der Waals surface area contributed by atoms with Gasteiger partial charge in [-0.15, -0.1) is 0 Å². The molecule has 2 rings (SSSR count). The van der Waals surface area contributed by atoms with Gasteiger partial charge in [-0.1, -0.05) is 0 Å². The Hall–Kier alpha value is -1.79. The monoisotopic (exact) mass is 255 g/mol. The Morgan fingerprint density at radius 3 is 2.67 bits per heavy atom. The first kappa shape index (κ1) is 12.7. The molecule has 1 aliphatic carbocycles. The fourth-order valence-electron chi connectivity index (χ4n) is 1.96. The summed E-state index contributed by atoms with van der Waals surface area (Å²) in [6.45, 7) is 0.587. The van der Waals surface area contributed by atoms with E-state index in [-0.39, 0.29) is 24.5 Å². The third-order valence-electron chi connectivity index (χ3n) is 3.50. The quantitative estimate of drug-likeness (QED) is 0.539. The molecule has 7 nitrogen and oxygen atoms in total. The summed E-state index contributed by atoms with van der Waals surface area (Å²) in [6.07, 6.45) is 2.25. The zero-order chi connectivity index (χ0) is 13.2. The minimum atomic E-state index is -0.854. The number of carboxylic acid groups (broad SMARTS) is 1. The van der Waals surface area contributed by atoms with Crippen molar-refractivity contribution in [3.8, 4) is 0 Å². The molecule has 4 N–H and O–H groups in total. The van der Waals surface area contributed by atoms with Crippen molar-refractivity contribution < 1.29 is 19.5 Å². The SMILES string of the molecule is O=C1CCC(NC(=O)NCC2(C(=O)O)CC2)CN1. The number of urea groups is 1. The largest absolute Gasteiger partial charge is 0.481 e. The predicted octanol–water partition coefficient (Wildman–Crippen LogP) is -0.571. The Labute approximate surface area is 104 Å². The van der Waals surface area contributed by atoms with Gasteiger partial charge in [0.15, 0.2) is 0 Å². The van der Waals surface area contributed by atoms with E-state index in [0.29, 0.717) is 32.2 Å². The molecule has 0 radical (unpaired) electrons. The minimum Gasteiger partial charge on any atom is -0.481 e. The molecule has 3 amide bonds. The van der Waals surface area contributed by atoms with Crippen molar-refractivity contribution in [3.05, 3.63) is 0 Å². The maximum Gasteiger partial charge on any atom is 0.315 e. The van der Waals surface area contributed by atoms with Crippen molar-refractivity contribution in [2.75, 3.05) is 13.1 Å². The molecular weight excluding hydrogens is 238 g/mol. The number of carbonyl (C=O) groups is 3. The second-order valence-electron chi connectivity index (χ2n) is 4.95. The number of amides is 3. The number of carboxylic acids is 1. The van der Waals surface area contributed by atoms with Crippen LogP contribution in [0.25, 0.3) is 0 Å². The summed E-state index contributed by atoms with van der Waals surface area (Å²) in [4.78, 5) is 33.4. The van der Waals surface area contributed by atoms with Gasteiger partial charge in [-0.05, 0) is 19.3 Å². The minimum absolute atomic E-state index is 0.00345. The van der Waals surface area contributed by atoms with E-state index in [9.17, 15) is 14.4 Å². The van der Waals surface area contributed by atoms with E-state index < -0.39 is 11.4 Å². The molecule has 100 valence electrons. The molecule has 1 saturated carbocycles. The first-order chi connectivity index (χ1) is 8.52. The highest BCUT2D eigenvalue weighted by molar-refractivity contribution is 5.81. The van der Waals surface area contributed by atoms with Gasteiger partial charge >= 0.3 is 12.0 Å². The number of hydrogen-bond acceptors (Lipinski definition) is 3. The Kier molecular flexibility index (Phi) is 3.40. The molecule has 0 spiro atoms. The Morgan fingerprint density at radius 2 is 2.17 bits per heavy atom. The molecule has 2 aliphatic rings. The Balaban J connectivity index is 1.69. The van der Waals surface area contributed by atoms with E-state index in [2.05, 4.69) is 16.0 Å². The third-order valence-corrected chi connectivity index (χ3v) is 3.50. The van der Waals surface area contributed by atoms with Gasteiger partial charge in [-0.3, -0.25) is 9.59 Å². The van der Waals surface area contributed by atoms with Crippen LogP contribution in [0, 0.1) is 5.41 Å². The molecule has 7 heteroatoms. The van der Waals surface area contributed by atoms with Crippen molar-refractivity contribution in [2.45, 2.75) is 31.7 Å². The van der Waals surface area contributed by atoms with E-state index >= 15 is 0 Å². The summed E-state index contributed by atoms with van der Waals surface area (Å²) in [5.41, 5.74) is -0.752. The van der Waals surface area contributed by atoms with Crippen LogP contribution in [0.4, 0.5) is 4.79 Å². The van der Waals surface area contributed by atoms with Crippen LogP contribution < -0.4 is 16.0 Å². The van der Waals surface area contributed by atoms with Gasteiger partial charge in [0.2, 0.25) is 5.91 Å². The van der Waals surface area contributed by atoms with E-state index in [4.69, 9.17) is 5.11 Å². The fourth-order valence-corrected chi connectivity index (χ4v) is 1.96. The number of hydrogen-bond donors (Lipinski definition) is 4. The highest BCUT2D eigenvalue weighted by Gasteiger charge is 2.50. The summed E-state index contributed by atoms with van der Waals surface area (Å²) in [5, 5.41) is 16.9. The molecule has 0 aromatic heterocycles. The van der Waals surface area contributed by atoms with Gasteiger partial charge in [0.1, 0.15) is 0 Å². The number of nitrogens with one attached hydrogen (secondary N) is 3. The van der Waals surface area contributed by atoms with E-state index in [1.807, 2.05) is 0 Å². The van der Waals surface area contributed by atoms with Crippen LogP contribution in [0.3, 0.4) is 0 Å². The molecule has 2 fully saturated rings. The lowest BCUT2D eigenvalue weighted by molar-refractivity contribution is -0.143. The van der Waals surface area contributed by atoms with Gasteiger partial charge in [-0.25, -0.2) is 4.79 Å². The topological polar surface area (TPSA) is 108 Å². The average Bonchev–Trinajstić information content (AvgIpc) is 3.11.